The maximum atomic E-state index is 5.73. The topological polar surface area (TPSA) is 58.1 Å². The van der Waals surface area contributed by atoms with Gasteiger partial charge < -0.3 is 20.1 Å². The number of hydrogen-bond acceptors (Lipinski definition) is 4. The lowest BCUT2D eigenvalue weighted by molar-refractivity contribution is 0.0168. The van der Waals surface area contributed by atoms with Crippen molar-refractivity contribution in [2.24, 2.45) is 4.99 Å². The van der Waals surface area contributed by atoms with E-state index in [0.717, 1.165) is 51.7 Å². The Morgan fingerprint density at radius 2 is 2.00 bits per heavy atom. The van der Waals surface area contributed by atoms with E-state index >= 15 is 0 Å². The number of hydrogen-bond donors (Lipinski definition) is 2. The largest absolute Gasteiger partial charge is 0.379 e. The van der Waals surface area contributed by atoms with Crippen molar-refractivity contribution in [3.63, 3.8) is 0 Å². The summed E-state index contributed by atoms with van der Waals surface area (Å²) in [6, 6.07) is 9.33. The van der Waals surface area contributed by atoms with E-state index in [0.29, 0.717) is 12.1 Å². The van der Waals surface area contributed by atoms with E-state index in [9.17, 15) is 0 Å². The number of nitrogens with one attached hydrogen (secondary N) is 2. The van der Waals surface area contributed by atoms with Crippen LogP contribution in [0, 0.1) is 6.92 Å². The number of guanidine groups is 1. The smallest absolute Gasteiger partial charge is 0.191 e. The van der Waals surface area contributed by atoms with Crippen molar-refractivity contribution in [3.8, 4) is 0 Å². The van der Waals surface area contributed by atoms with Gasteiger partial charge in [-0.2, -0.15) is 0 Å². The van der Waals surface area contributed by atoms with Gasteiger partial charge in [-0.1, -0.05) is 29.8 Å². The van der Waals surface area contributed by atoms with Crippen LogP contribution in [0.3, 0.4) is 0 Å². The first-order valence-corrected chi connectivity index (χ1v) is 11.2. The van der Waals surface area contributed by atoms with Crippen LogP contribution in [0.25, 0.3) is 0 Å². The molecule has 2 fully saturated rings. The molecule has 1 aromatic rings. The molecule has 1 aromatic carbocycles. The molecule has 0 spiro atoms. The fourth-order valence-electron chi connectivity index (χ4n) is 4.09. The molecule has 0 aromatic heterocycles. The van der Waals surface area contributed by atoms with E-state index in [4.69, 9.17) is 9.47 Å². The molecule has 0 amide bonds. The lowest BCUT2D eigenvalue weighted by Gasteiger charge is -2.29. The second-order valence-corrected chi connectivity index (χ2v) is 8.11. The van der Waals surface area contributed by atoms with Gasteiger partial charge in [0, 0.05) is 33.4 Å². The molecule has 2 saturated heterocycles. The molecular formula is C23H38N4O2. The van der Waals surface area contributed by atoms with Crippen LogP contribution < -0.4 is 10.6 Å². The van der Waals surface area contributed by atoms with Crippen molar-refractivity contribution in [3.05, 3.63) is 35.4 Å². The average Bonchev–Trinajstić information content (AvgIpc) is 3.44. The normalized spacial score (nSPS) is 21.4. The van der Waals surface area contributed by atoms with Crippen LogP contribution >= 0.6 is 0 Å². The first-order chi connectivity index (χ1) is 14.3. The van der Waals surface area contributed by atoms with E-state index in [2.05, 4.69) is 51.7 Å². The summed E-state index contributed by atoms with van der Waals surface area (Å²) in [5.74, 6) is 0.862. The minimum absolute atomic E-state index is 0.307. The summed E-state index contributed by atoms with van der Waals surface area (Å²) < 4.78 is 11.3. The van der Waals surface area contributed by atoms with E-state index < -0.39 is 0 Å². The molecular weight excluding hydrogens is 364 g/mol. The Labute approximate surface area is 176 Å². The molecule has 2 atom stereocenters. The van der Waals surface area contributed by atoms with E-state index in [-0.39, 0.29) is 0 Å². The molecule has 0 bridgehead atoms. The molecule has 0 radical (unpaired) electrons. The van der Waals surface area contributed by atoms with Crippen LogP contribution in [0.1, 0.15) is 49.3 Å². The minimum Gasteiger partial charge on any atom is -0.379 e. The van der Waals surface area contributed by atoms with Crippen molar-refractivity contribution in [1.82, 2.24) is 15.5 Å². The Hall–Kier alpha value is -1.63. The van der Waals surface area contributed by atoms with Gasteiger partial charge in [0.25, 0.3) is 0 Å². The zero-order valence-electron chi connectivity index (χ0n) is 18.2. The summed E-state index contributed by atoms with van der Waals surface area (Å²) in [5, 5.41) is 6.95. The lowest BCUT2D eigenvalue weighted by Crippen LogP contribution is -2.43. The average molecular weight is 403 g/mol. The van der Waals surface area contributed by atoms with Crippen LogP contribution in [0.2, 0.25) is 0 Å². The Bertz CT molecular complexity index is 608. The van der Waals surface area contributed by atoms with Crippen LogP contribution in [0.4, 0.5) is 0 Å². The molecule has 0 saturated carbocycles. The predicted molar refractivity (Wildman–Crippen MR) is 119 cm³/mol. The van der Waals surface area contributed by atoms with Crippen LogP contribution in [0.5, 0.6) is 0 Å². The number of aliphatic imine (C=N–C) groups is 1. The van der Waals surface area contributed by atoms with Gasteiger partial charge in [0.1, 0.15) is 0 Å². The van der Waals surface area contributed by atoms with Gasteiger partial charge in [-0.3, -0.25) is 9.89 Å². The summed E-state index contributed by atoms with van der Waals surface area (Å²) >= 11 is 0. The van der Waals surface area contributed by atoms with E-state index in [1.165, 1.54) is 43.5 Å². The molecule has 0 aliphatic carbocycles. The lowest BCUT2D eigenvalue weighted by atomic mass is 10.0. The summed E-state index contributed by atoms with van der Waals surface area (Å²) in [6.45, 7) is 8.57. The third-order valence-corrected chi connectivity index (χ3v) is 5.82. The summed E-state index contributed by atoms with van der Waals surface area (Å²) in [4.78, 5) is 6.98. The van der Waals surface area contributed by atoms with Gasteiger partial charge in [0.05, 0.1) is 18.8 Å². The van der Waals surface area contributed by atoms with Gasteiger partial charge in [-0.15, -0.1) is 0 Å². The summed E-state index contributed by atoms with van der Waals surface area (Å²) in [7, 11) is 1.83. The van der Waals surface area contributed by atoms with E-state index in [1.807, 2.05) is 7.05 Å². The maximum Gasteiger partial charge on any atom is 0.191 e. The molecule has 6 nitrogen and oxygen atoms in total. The molecule has 2 N–H and O–H groups in total. The van der Waals surface area contributed by atoms with Crippen LogP contribution in [-0.2, 0) is 9.47 Å². The van der Waals surface area contributed by atoms with Crippen molar-refractivity contribution >= 4 is 5.96 Å². The Morgan fingerprint density at radius 3 is 2.69 bits per heavy atom. The van der Waals surface area contributed by atoms with Gasteiger partial charge in [-0.25, -0.2) is 0 Å². The molecule has 2 heterocycles. The van der Waals surface area contributed by atoms with Crippen LogP contribution in [-0.4, -0.2) is 70.0 Å². The Morgan fingerprint density at radius 1 is 1.21 bits per heavy atom. The van der Waals surface area contributed by atoms with Crippen molar-refractivity contribution < 1.29 is 9.47 Å². The first kappa shape index (κ1) is 22.1. The van der Waals surface area contributed by atoms with E-state index in [1.54, 1.807) is 0 Å². The Kier molecular flexibility index (Phi) is 9.25. The predicted octanol–water partition coefficient (Wildman–Crippen LogP) is 2.88. The number of likely N-dealkylation sites (tertiary alicyclic amines) is 1. The molecule has 162 valence electrons. The molecule has 3 rings (SSSR count). The zero-order chi connectivity index (χ0) is 20.3. The highest BCUT2D eigenvalue weighted by Gasteiger charge is 2.23. The molecule has 2 aliphatic heterocycles. The quantitative estimate of drug-likeness (QED) is 0.358. The van der Waals surface area contributed by atoms with Gasteiger partial charge in [0.2, 0.25) is 0 Å². The van der Waals surface area contributed by atoms with Crippen molar-refractivity contribution in [2.75, 3.05) is 53.0 Å². The molecule has 2 unspecified atom stereocenters. The maximum absolute atomic E-state index is 5.73. The Balaban J connectivity index is 1.39. The van der Waals surface area contributed by atoms with Gasteiger partial charge in [-0.05, 0) is 57.7 Å². The highest BCUT2D eigenvalue weighted by Crippen LogP contribution is 2.24. The molecule has 2 aliphatic rings. The van der Waals surface area contributed by atoms with Crippen molar-refractivity contribution in [1.29, 1.82) is 0 Å². The standard InChI is InChI=1S/C23H38N4O2/c1-19-8-10-20(11-9-19)22(27-13-3-4-14-27)17-26-23(24-2)25-12-6-15-28-18-21-7-5-16-29-21/h8-11,21-22H,3-7,12-18H2,1-2H3,(H2,24,25,26). The number of ether oxygens (including phenoxy) is 2. The highest BCUT2D eigenvalue weighted by molar-refractivity contribution is 5.79. The number of benzene rings is 1. The minimum atomic E-state index is 0.307. The molecule has 6 heteroatoms. The monoisotopic (exact) mass is 402 g/mol. The third kappa shape index (κ3) is 7.28. The fraction of sp³-hybridized carbons (Fsp3) is 0.696. The summed E-state index contributed by atoms with van der Waals surface area (Å²) in [6.07, 6.45) is 6.15. The molecule has 29 heavy (non-hydrogen) atoms. The second-order valence-electron chi connectivity index (χ2n) is 8.11. The number of nitrogens with zero attached hydrogens (tertiary/aromatic N) is 2. The number of aryl methyl sites for hydroxylation is 1. The van der Waals surface area contributed by atoms with Crippen molar-refractivity contribution in [2.45, 2.75) is 51.2 Å². The SMILES string of the molecule is CN=C(NCCCOCC1CCCO1)NCC(c1ccc(C)cc1)N1CCCC1. The fourth-order valence-corrected chi connectivity index (χ4v) is 4.09. The van der Waals surface area contributed by atoms with Gasteiger partial charge in [0.15, 0.2) is 5.96 Å². The summed E-state index contributed by atoms with van der Waals surface area (Å²) in [5.41, 5.74) is 2.68. The highest BCUT2D eigenvalue weighted by atomic mass is 16.5. The first-order valence-electron chi connectivity index (χ1n) is 11.2. The zero-order valence-corrected chi connectivity index (χ0v) is 18.2. The van der Waals surface area contributed by atoms with Crippen LogP contribution in [0.15, 0.2) is 29.3 Å². The second kappa shape index (κ2) is 12.2. The third-order valence-electron chi connectivity index (χ3n) is 5.82. The number of rotatable bonds is 10. The van der Waals surface area contributed by atoms with Gasteiger partial charge >= 0.3 is 0 Å².